The molecule has 0 aliphatic carbocycles. The van der Waals surface area contributed by atoms with Crippen LogP contribution in [0.2, 0.25) is 0 Å². The topological polar surface area (TPSA) is 40.1 Å². The molecule has 0 aromatic carbocycles. The summed E-state index contributed by atoms with van der Waals surface area (Å²) in [5.41, 5.74) is 1.00. The Balaban J connectivity index is 3.17. The monoisotopic (exact) mass is 267 g/mol. The van der Waals surface area contributed by atoms with Crippen LogP contribution in [0.3, 0.4) is 0 Å². The second-order valence-corrected chi connectivity index (χ2v) is 3.81. The fraction of sp³-hybridized carbons (Fsp3) is 0.167. The molecule has 1 rings (SSSR count). The Labute approximate surface area is 76.0 Å². The van der Waals surface area contributed by atoms with Crippen molar-refractivity contribution in [2.75, 3.05) is 0 Å². The Morgan fingerprint density at radius 2 is 2.40 bits per heavy atom. The molecule has 0 bridgehead atoms. The van der Waals surface area contributed by atoms with Gasteiger partial charge in [-0.2, -0.15) is 0 Å². The number of hydrogen-bond acceptors (Lipinski definition) is 3. The van der Waals surface area contributed by atoms with Gasteiger partial charge in [-0.05, 0) is 40.5 Å². The van der Waals surface area contributed by atoms with E-state index in [1.54, 1.807) is 0 Å². The van der Waals surface area contributed by atoms with Crippen LogP contribution in [-0.4, -0.2) is 5.97 Å². The molecule has 4 heteroatoms. The number of carboxylic acid groups (broad SMARTS) is 1. The molecular formula is C6H4IO2S-. The number of thiophene rings is 1. The first-order chi connectivity index (χ1) is 4.63. The van der Waals surface area contributed by atoms with Crippen LogP contribution in [-0.2, 0) is 0 Å². The molecule has 1 heterocycles. The predicted octanol–water partition coefficient (Wildman–Crippen LogP) is 1.02. The highest BCUT2D eigenvalue weighted by atomic mass is 127. The van der Waals surface area contributed by atoms with Crippen LogP contribution in [0.15, 0.2) is 5.38 Å². The minimum atomic E-state index is -1.08. The zero-order chi connectivity index (χ0) is 7.72. The largest absolute Gasteiger partial charge is 0.544 e. The van der Waals surface area contributed by atoms with E-state index in [1.807, 2.05) is 34.9 Å². The van der Waals surface area contributed by atoms with Crippen molar-refractivity contribution in [3.8, 4) is 0 Å². The quantitative estimate of drug-likeness (QED) is 0.713. The number of aromatic carboxylic acids is 1. The van der Waals surface area contributed by atoms with Crippen molar-refractivity contribution in [3.05, 3.63) is 19.4 Å². The van der Waals surface area contributed by atoms with Gasteiger partial charge in [0.1, 0.15) is 0 Å². The summed E-state index contributed by atoms with van der Waals surface area (Å²) in [5.74, 6) is -1.08. The van der Waals surface area contributed by atoms with Crippen molar-refractivity contribution in [1.82, 2.24) is 0 Å². The van der Waals surface area contributed by atoms with Gasteiger partial charge in [0.15, 0.2) is 0 Å². The zero-order valence-electron chi connectivity index (χ0n) is 5.18. The SMILES string of the molecule is Cc1csc(C(=O)[O-])c1I. The maximum atomic E-state index is 10.3. The molecule has 0 aliphatic rings. The second-order valence-electron chi connectivity index (χ2n) is 1.85. The van der Waals surface area contributed by atoms with Gasteiger partial charge in [0.05, 0.1) is 10.8 Å². The molecule has 0 saturated heterocycles. The number of aryl methyl sites for hydroxylation is 1. The van der Waals surface area contributed by atoms with Gasteiger partial charge in [0.25, 0.3) is 0 Å². The summed E-state index contributed by atoms with van der Waals surface area (Å²) >= 11 is 3.22. The fourth-order valence-corrected chi connectivity index (χ4v) is 2.31. The maximum absolute atomic E-state index is 10.3. The van der Waals surface area contributed by atoms with Gasteiger partial charge in [-0.15, -0.1) is 11.3 Å². The van der Waals surface area contributed by atoms with Crippen LogP contribution in [0.5, 0.6) is 0 Å². The molecule has 1 aromatic rings. The Hall–Kier alpha value is -0.100. The molecule has 2 nitrogen and oxygen atoms in total. The normalized spacial score (nSPS) is 9.80. The predicted molar refractivity (Wildman–Crippen MR) is 46.1 cm³/mol. The zero-order valence-corrected chi connectivity index (χ0v) is 8.15. The molecule has 0 radical (unpaired) electrons. The van der Waals surface area contributed by atoms with E-state index in [9.17, 15) is 9.90 Å². The molecule has 10 heavy (non-hydrogen) atoms. The van der Waals surface area contributed by atoms with Gasteiger partial charge in [0.2, 0.25) is 0 Å². The van der Waals surface area contributed by atoms with Gasteiger partial charge in [-0.25, -0.2) is 0 Å². The van der Waals surface area contributed by atoms with Crippen LogP contribution in [0.25, 0.3) is 0 Å². The number of carbonyl (C=O) groups excluding carboxylic acids is 1. The van der Waals surface area contributed by atoms with Gasteiger partial charge < -0.3 is 9.90 Å². The van der Waals surface area contributed by atoms with E-state index in [1.165, 1.54) is 11.3 Å². The molecule has 0 spiro atoms. The van der Waals surface area contributed by atoms with Crippen molar-refractivity contribution in [1.29, 1.82) is 0 Å². The molecule has 0 N–H and O–H groups in total. The lowest BCUT2D eigenvalue weighted by Gasteiger charge is -1.96. The first kappa shape index (κ1) is 8.00. The van der Waals surface area contributed by atoms with Crippen LogP contribution >= 0.6 is 33.9 Å². The van der Waals surface area contributed by atoms with E-state index in [0.29, 0.717) is 4.88 Å². The van der Waals surface area contributed by atoms with Crippen LogP contribution in [0.1, 0.15) is 15.2 Å². The third-order valence-electron chi connectivity index (χ3n) is 1.08. The Morgan fingerprint density at radius 1 is 1.80 bits per heavy atom. The standard InChI is InChI=1S/C6H5IO2S/c1-3-2-10-5(4(3)7)6(8)9/h2H,1H3,(H,8,9)/p-1. The average molecular weight is 267 g/mol. The highest BCUT2D eigenvalue weighted by Gasteiger charge is 2.04. The summed E-state index contributed by atoms with van der Waals surface area (Å²) in [4.78, 5) is 10.7. The number of halogens is 1. The summed E-state index contributed by atoms with van der Waals surface area (Å²) in [6.45, 7) is 1.88. The molecule has 0 fully saturated rings. The van der Waals surface area contributed by atoms with Crippen LogP contribution < -0.4 is 5.11 Å². The van der Waals surface area contributed by atoms with E-state index in [2.05, 4.69) is 0 Å². The van der Waals surface area contributed by atoms with E-state index >= 15 is 0 Å². The molecule has 1 aromatic heterocycles. The number of carbonyl (C=O) groups is 1. The fourth-order valence-electron chi connectivity index (χ4n) is 0.568. The Bertz CT molecular complexity index is 267. The molecule has 0 amide bonds. The lowest BCUT2D eigenvalue weighted by Crippen LogP contribution is -2.21. The average Bonchev–Trinajstić information content (AvgIpc) is 2.14. The molecule has 0 saturated carbocycles. The van der Waals surface area contributed by atoms with E-state index in [4.69, 9.17) is 0 Å². The van der Waals surface area contributed by atoms with E-state index in [-0.39, 0.29) is 0 Å². The molecular weight excluding hydrogens is 263 g/mol. The molecule has 0 atom stereocenters. The Morgan fingerprint density at radius 3 is 2.60 bits per heavy atom. The summed E-state index contributed by atoms with van der Waals surface area (Å²) in [7, 11) is 0. The summed E-state index contributed by atoms with van der Waals surface area (Å²) in [5, 5.41) is 12.1. The summed E-state index contributed by atoms with van der Waals surface area (Å²) < 4.78 is 0.794. The molecule has 54 valence electrons. The first-order valence-electron chi connectivity index (χ1n) is 2.58. The first-order valence-corrected chi connectivity index (χ1v) is 4.53. The van der Waals surface area contributed by atoms with Crippen molar-refractivity contribution < 1.29 is 9.90 Å². The third-order valence-corrected chi connectivity index (χ3v) is 3.92. The van der Waals surface area contributed by atoms with Crippen LogP contribution in [0.4, 0.5) is 0 Å². The number of hydrogen-bond donors (Lipinski definition) is 0. The summed E-state index contributed by atoms with van der Waals surface area (Å²) in [6, 6.07) is 0. The smallest absolute Gasteiger partial charge is 0.0826 e. The lowest BCUT2D eigenvalue weighted by molar-refractivity contribution is -0.254. The highest BCUT2D eigenvalue weighted by molar-refractivity contribution is 14.1. The van der Waals surface area contributed by atoms with Gasteiger partial charge in [0, 0.05) is 3.57 Å². The molecule has 0 aliphatic heterocycles. The summed E-state index contributed by atoms with van der Waals surface area (Å²) in [6.07, 6.45) is 0. The third kappa shape index (κ3) is 1.32. The minimum Gasteiger partial charge on any atom is -0.544 e. The minimum absolute atomic E-state index is 0.332. The van der Waals surface area contributed by atoms with Crippen LogP contribution in [0, 0.1) is 10.5 Å². The van der Waals surface area contributed by atoms with Crippen molar-refractivity contribution in [2.24, 2.45) is 0 Å². The van der Waals surface area contributed by atoms with E-state index in [0.717, 1.165) is 9.13 Å². The number of carboxylic acids is 1. The van der Waals surface area contributed by atoms with Gasteiger partial charge >= 0.3 is 0 Å². The van der Waals surface area contributed by atoms with Crippen molar-refractivity contribution in [2.45, 2.75) is 6.92 Å². The number of rotatable bonds is 1. The van der Waals surface area contributed by atoms with E-state index < -0.39 is 5.97 Å². The Kier molecular flexibility index (Phi) is 2.30. The van der Waals surface area contributed by atoms with Crippen molar-refractivity contribution in [3.63, 3.8) is 0 Å². The maximum Gasteiger partial charge on any atom is 0.0826 e. The van der Waals surface area contributed by atoms with Crippen molar-refractivity contribution >= 4 is 39.9 Å². The van der Waals surface area contributed by atoms with Gasteiger partial charge in [-0.1, -0.05) is 0 Å². The second kappa shape index (κ2) is 2.87. The molecule has 0 unspecified atom stereocenters. The van der Waals surface area contributed by atoms with Gasteiger partial charge in [-0.3, -0.25) is 0 Å². The lowest BCUT2D eigenvalue weighted by atomic mass is 10.3. The highest BCUT2D eigenvalue weighted by Crippen LogP contribution is 2.22.